The van der Waals surface area contributed by atoms with Gasteiger partial charge in [0.05, 0.1) is 11.2 Å². The Hall–Kier alpha value is -3.65. The number of fused-ring (bicyclic) bond motifs is 2. The van der Waals surface area contributed by atoms with E-state index in [1.54, 1.807) is 0 Å². The molecule has 0 aliphatic rings. The van der Waals surface area contributed by atoms with Crippen LogP contribution in [-0.2, 0) is 0 Å². The molecule has 5 rings (SSSR count). The van der Waals surface area contributed by atoms with Crippen LogP contribution in [0.1, 0.15) is 16.8 Å². The molecule has 0 aliphatic heterocycles. The average molecular weight is 346 g/mol. The second-order valence-corrected chi connectivity index (χ2v) is 6.64. The molecule has 5 aromatic rings. The van der Waals surface area contributed by atoms with Gasteiger partial charge in [0.25, 0.3) is 0 Å². The summed E-state index contributed by atoms with van der Waals surface area (Å²) >= 11 is 0. The first-order valence-electron chi connectivity index (χ1n) is 9.07. The molecule has 0 amide bonds. The molecule has 0 aliphatic carbocycles. The first-order valence-corrected chi connectivity index (χ1v) is 9.07. The summed E-state index contributed by atoms with van der Waals surface area (Å²) < 4.78 is 0. The lowest BCUT2D eigenvalue weighted by Crippen LogP contribution is -1.93. The maximum Gasteiger partial charge on any atom is 0.0715 e. The van der Waals surface area contributed by atoms with Crippen molar-refractivity contribution in [3.8, 4) is 0 Å². The fourth-order valence-corrected chi connectivity index (χ4v) is 3.46. The van der Waals surface area contributed by atoms with Crippen LogP contribution in [0.2, 0.25) is 0 Å². The molecule has 1 N–H and O–H groups in total. The van der Waals surface area contributed by atoms with E-state index in [4.69, 9.17) is 4.98 Å². The summed E-state index contributed by atoms with van der Waals surface area (Å²) in [6, 6.07) is 31.5. The Balaban J connectivity index is 1.72. The van der Waals surface area contributed by atoms with Gasteiger partial charge in [0, 0.05) is 22.7 Å². The van der Waals surface area contributed by atoms with Gasteiger partial charge in [0.2, 0.25) is 0 Å². The summed E-state index contributed by atoms with van der Waals surface area (Å²) in [4.78, 5) is 8.20. The van der Waals surface area contributed by atoms with E-state index in [1.807, 2.05) is 24.4 Å². The molecule has 2 heterocycles. The van der Waals surface area contributed by atoms with E-state index in [9.17, 15) is 0 Å². The van der Waals surface area contributed by atoms with Gasteiger partial charge in [0.1, 0.15) is 0 Å². The first kappa shape index (κ1) is 15.6. The second-order valence-electron chi connectivity index (χ2n) is 6.64. The van der Waals surface area contributed by atoms with E-state index in [1.165, 1.54) is 5.39 Å². The van der Waals surface area contributed by atoms with Crippen molar-refractivity contribution in [2.75, 3.05) is 0 Å². The van der Waals surface area contributed by atoms with Crippen LogP contribution in [-0.4, -0.2) is 9.97 Å². The Bertz CT molecular complexity index is 1260. The first-order chi connectivity index (χ1) is 13.4. The Morgan fingerprint density at radius 2 is 1.59 bits per heavy atom. The van der Waals surface area contributed by atoms with Crippen LogP contribution in [0.3, 0.4) is 0 Å². The topological polar surface area (TPSA) is 28.7 Å². The summed E-state index contributed by atoms with van der Waals surface area (Å²) in [5, 5.41) is 2.36. The van der Waals surface area contributed by atoms with Crippen molar-refractivity contribution in [1.82, 2.24) is 9.97 Å². The monoisotopic (exact) mass is 346 g/mol. The van der Waals surface area contributed by atoms with Gasteiger partial charge < -0.3 is 4.98 Å². The van der Waals surface area contributed by atoms with Gasteiger partial charge in [-0.1, -0.05) is 60.7 Å². The minimum atomic E-state index is 0.979. The van der Waals surface area contributed by atoms with Gasteiger partial charge >= 0.3 is 0 Å². The molecule has 0 atom stereocenters. The zero-order valence-electron chi connectivity index (χ0n) is 14.8. The number of para-hydroxylation sites is 1. The smallest absolute Gasteiger partial charge is 0.0715 e. The molecule has 3 aromatic carbocycles. The van der Waals surface area contributed by atoms with E-state index in [0.717, 1.165) is 38.8 Å². The van der Waals surface area contributed by atoms with Crippen LogP contribution < -0.4 is 0 Å². The lowest BCUT2D eigenvalue weighted by atomic mass is 9.97. The molecule has 2 aromatic heterocycles. The van der Waals surface area contributed by atoms with Crippen LogP contribution >= 0.6 is 0 Å². The van der Waals surface area contributed by atoms with Crippen molar-refractivity contribution in [2.45, 2.75) is 0 Å². The highest BCUT2D eigenvalue weighted by molar-refractivity contribution is 5.95. The van der Waals surface area contributed by atoms with Crippen LogP contribution in [0.4, 0.5) is 0 Å². The Morgan fingerprint density at radius 1 is 0.741 bits per heavy atom. The average Bonchev–Trinajstić information content (AvgIpc) is 3.20. The van der Waals surface area contributed by atoms with Gasteiger partial charge in [-0.3, -0.25) is 0 Å². The number of benzene rings is 3. The van der Waals surface area contributed by atoms with E-state index in [-0.39, 0.29) is 0 Å². The van der Waals surface area contributed by atoms with Crippen molar-refractivity contribution >= 4 is 33.5 Å². The molecule has 0 spiro atoms. The van der Waals surface area contributed by atoms with Crippen molar-refractivity contribution < 1.29 is 0 Å². The lowest BCUT2D eigenvalue weighted by Gasteiger charge is -2.10. The van der Waals surface area contributed by atoms with Crippen molar-refractivity contribution in [2.24, 2.45) is 0 Å². The Kier molecular flexibility index (Phi) is 3.80. The molecule has 0 saturated heterocycles. The third kappa shape index (κ3) is 3.02. The van der Waals surface area contributed by atoms with E-state index < -0.39 is 0 Å². The molecular weight excluding hydrogens is 328 g/mol. The molecule has 128 valence electrons. The highest BCUT2D eigenvalue weighted by atomic mass is 14.7. The predicted molar refractivity (Wildman–Crippen MR) is 113 cm³/mol. The number of hydrogen-bond acceptors (Lipinski definition) is 1. The van der Waals surface area contributed by atoms with Crippen LogP contribution in [0, 0.1) is 0 Å². The number of hydrogen-bond donors (Lipinski definition) is 1. The maximum atomic E-state index is 4.94. The van der Waals surface area contributed by atoms with Gasteiger partial charge in [-0.2, -0.15) is 0 Å². The largest absolute Gasteiger partial charge is 0.361 e. The molecule has 27 heavy (non-hydrogen) atoms. The minimum Gasteiger partial charge on any atom is -0.361 e. The van der Waals surface area contributed by atoms with Gasteiger partial charge in [0.15, 0.2) is 0 Å². The standard InChI is InChI=1S/C25H18N2/c1-2-6-18(7-3-1)16-22(20-11-12-23-21(17-20)14-15-26-23)25-13-10-19-8-4-5-9-24(19)27-25/h1-17,26H. The number of aromatic amines is 1. The number of H-pyrrole nitrogens is 1. The van der Waals surface area contributed by atoms with E-state index in [2.05, 4.69) is 83.9 Å². The number of pyridine rings is 1. The van der Waals surface area contributed by atoms with Gasteiger partial charge in [-0.15, -0.1) is 0 Å². The number of rotatable bonds is 3. The molecule has 0 unspecified atom stereocenters. The highest BCUT2D eigenvalue weighted by Crippen LogP contribution is 2.28. The zero-order valence-corrected chi connectivity index (χ0v) is 14.8. The molecular formula is C25H18N2. The normalized spacial score (nSPS) is 11.9. The maximum absolute atomic E-state index is 4.94. The number of nitrogens with one attached hydrogen (secondary N) is 1. The zero-order chi connectivity index (χ0) is 18.1. The van der Waals surface area contributed by atoms with Gasteiger partial charge in [-0.05, 0) is 52.9 Å². The summed E-state index contributed by atoms with van der Waals surface area (Å²) in [5.74, 6) is 0. The molecule has 2 nitrogen and oxygen atoms in total. The van der Waals surface area contributed by atoms with Crippen LogP contribution in [0.5, 0.6) is 0 Å². The predicted octanol–water partition coefficient (Wildman–Crippen LogP) is 6.31. The van der Waals surface area contributed by atoms with Gasteiger partial charge in [-0.25, -0.2) is 4.98 Å². The molecule has 0 bridgehead atoms. The van der Waals surface area contributed by atoms with Crippen LogP contribution in [0.25, 0.3) is 33.5 Å². The Labute approximate surface area is 157 Å². The summed E-state index contributed by atoms with van der Waals surface area (Å²) in [7, 11) is 0. The Morgan fingerprint density at radius 3 is 2.52 bits per heavy atom. The molecule has 0 fully saturated rings. The van der Waals surface area contributed by atoms with Crippen molar-refractivity contribution in [3.05, 3.63) is 114 Å². The second kappa shape index (κ2) is 6.58. The summed E-state index contributed by atoms with van der Waals surface area (Å²) in [6.45, 7) is 0. The van der Waals surface area contributed by atoms with Crippen molar-refractivity contribution in [1.29, 1.82) is 0 Å². The van der Waals surface area contributed by atoms with E-state index >= 15 is 0 Å². The molecule has 2 heteroatoms. The number of aromatic nitrogens is 2. The molecule has 0 radical (unpaired) electrons. The number of nitrogens with zero attached hydrogens (tertiary/aromatic N) is 1. The molecule has 0 saturated carbocycles. The highest BCUT2D eigenvalue weighted by Gasteiger charge is 2.09. The SMILES string of the molecule is C(=C(c1ccc2[nH]ccc2c1)c1ccc2ccccc2n1)c1ccccc1. The quantitative estimate of drug-likeness (QED) is 0.381. The fourth-order valence-electron chi connectivity index (χ4n) is 3.46. The lowest BCUT2D eigenvalue weighted by molar-refractivity contribution is 1.34. The summed E-state index contributed by atoms with van der Waals surface area (Å²) in [5.41, 5.74) is 6.58. The fraction of sp³-hybridized carbons (Fsp3) is 0. The third-order valence-electron chi connectivity index (χ3n) is 4.85. The summed E-state index contributed by atoms with van der Waals surface area (Å²) in [6.07, 6.45) is 4.19. The van der Waals surface area contributed by atoms with Crippen molar-refractivity contribution in [3.63, 3.8) is 0 Å². The van der Waals surface area contributed by atoms with E-state index in [0.29, 0.717) is 0 Å². The minimum absolute atomic E-state index is 0.979. The third-order valence-corrected chi connectivity index (χ3v) is 4.85. The van der Waals surface area contributed by atoms with Crippen LogP contribution in [0.15, 0.2) is 97.2 Å².